The van der Waals surface area contributed by atoms with Crippen molar-refractivity contribution < 1.29 is 14.5 Å². The highest BCUT2D eigenvalue weighted by atomic mass is 16.2. The Morgan fingerprint density at radius 3 is 2.39 bits per heavy atom. The zero-order chi connectivity index (χ0) is 20.3. The Morgan fingerprint density at radius 1 is 1.07 bits per heavy atom. The first-order valence-corrected chi connectivity index (χ1v) is 9.90. The zero-order valence-electron chi connectivity index (χ0n) is 17.2. The summed E-state index contributed by atoms with van der Waals surface area (Å²) in [6.45, 7) is 7.53. The minimum atomic E-state index is -0.269. The Balaban J connectivity index is 1.59. The maximum absolute atomic E-state index is 13.0. The summed E-state index contributed by atoms with van der Waals surface area (Å²) >= 11 is 0. The van der Waals surface area contributed by atoms with E-state index in [1.165, 1.54) is 11.1 Å². The summed E-state index contributed by atoms with van der Waals surface area (Å²) in [7, 11) is 1.91. The van der Waals surface area contributed by atoms with Gasteiger partial charge in [0.2, 0.25) is 0 Å². The smallest absolute Gasteiger partial charge is 0.280 e. The second-order valence-electron chi connectivity index (χ2n) is 7.84. The molecule has 0 fully saturated rings. The minimum Gasteiger partial charge on any atom is -0.333 e. The molecule has 2 aromatic rings. The molecule has 0 radical (unpaired) electrons. The number of hydrogen-bond acceptors (Lipinski definition) is 2. The summed E-state index contributed by atoms with van der Waals surface area (Å²) in [5.41, 5.74) is 5.50. The lowest BCUT2D eigenvalue weighted by atomic mass is 9.99. The van der Waals surface area contributed by atoms with Crippen molar-refractivity contribution in [2.24, 2.45) is 0 Å². The van der Waals surface area contributed by atoms with E-state index in [2.05, 4.69) is 17.4 Å². The third kappa shape index (κ3) is 4.42. The van der Waals surface area contributed by atoms with Crippen LogP contribution in [0.2, 0.25) is 0 Å². The highest BCUT2D eigenvalue weighted by Gasteiger charge is 2.30. The zero-order valence-corrected chi connectivity index (χ0v) is 17.2. The fourth-order valence-electron chi connectivity index (χ4n) is 3.77. The van der Waals surface area contributed by atoms with Gasteiger partial charge in [0.15, 0.2) is 12.6 Å². The molecule has 1 aliphatic rings. The molecule has 2 amide bonds. The normalized spacial score (nSPS) is 15.5. The quantitative estimate of drug-likeness (QED) is 0.830. The molecule has 0 aliphatic carbocycles. The first-order chi connectivity index (χ1) is 13.4. The number of para-hydroxylation sites is 1. The van der Waals surface area contributed by atoms with Crippen LogP contribution < -0.4 is 10.2 Å². The van der Waals surface area contributed by atoms with E-state index in [9.17, 15) is 9.59 Å². The number of likely N-dealkylation sites (N-methyl/N-ethyl adjacent to an activating group) is 1. The summed E-state index contributed by atoms with van der Waals surface area (Å²) in [4.78, 5) is 28.3. The van der Waals surface area contributed by atoms with Crippen LogP contribution in [-0.2, 0) is 22.6 Å². The highest BCUT2D eigenvalue weighted by Crippen LogP contribution is 2.20. The predicted octanol–water partition coefficient (Wildman–Crippen LogP) is 1.73. The van der Waals surface area contributed by atoms with Gasteiger partial charge < -0.3 is 15.1 Å². The van der Waals surface area contributed by atoms with Gasteiger partial charge in [-0.3, -0.25) is 9.59 Å². The van der Waals surface area contributed by atoms with Gasteiger partial charge in [0.1, 0.15) is 0 Å². The van der Waals surface area contributed by atoms with Gasteiger partial charge in [-0.25, -0.2) is 0 Å². The predicted molar refractivity (Wildman–Crippen MR) is 111 cm³/mol. The van der Waals surface area contributed by atoms with E-state index in [-0.39, 0.29) is 24.4 Å². The van der Waals surface area contributed by atoms with E-state index < -0.39 is 0 Å². The first-order valence-electron chi connectivity index (χ1n) is 9.90. The number of nitrogens with zero attached hydrogens (tertiary/aromatic N) is 1. The maximum Gasteiger partial charge on any atom is 0.280 e. The number of amides is 2. The van der Waals surface area contributed by atoms with Crippen LogP contribution in [0.15, 0.2) is 42.5 Å². The second-order valence-corrected chi connectivity index (χ2v) is 7.84. The average molecular weight is 381 g/mol. The van der Waals surface area contributed by atoms with Crippen molar-refractivity contribution in [1.29, 1.82) is 0 Å². The monoisotopic (exact) mass is 380 g/mol. The van der Waals surface area contributed by atoms with E-state index in [0.29, 0.717) is 6.54 Å². The Labute approximate surface area is 167 Å². The number of rotatable bonds is 5. The van der Waals surface area contributed by atoms with Gasteiger partial charge in [0.25, 0.3) is 11.8 Å². The molecular weight excluding hydrogens is 350 g/mol. The number of benzene rings is 2. The van der Waals surface area contributed by atoms with Crippen LogP contribution >= 0.6 is 0 Å². The molecule has 5 nitrogen and oxygen atoms in total. The van der Waals surface area contributed by atoms with Gasteiger partial charge in [-0.1, -0.05) is 42.5 Å². The van der Waals surface area contributed by atoms with E-state index in [1.807, 2.05) is 63.1 Å². The van der Waals surface area contributed by atoms with Gasteiger partial charge in [0, 0.05) is 18.8 Å². The highest BCUT2D eigenvalue weighted by molar-refractivity contribution is 5.93. The summed E-state index contributed by atoms with van der Waals surface area (Å²) < 4.78 is 0. The molecule has 0 saturated carbocycles. The molecule has 0 saturated heterocycles. The van der Waals surface area contributed by atoms with Crippen molar-refractivity contribution in [3.05, 3.63) is 64.7 Å². The summed E-state index contributed by atoms with van der Waals surface area (Å²) in [6, 6.07) is 14.0. The van der Waals surface area contributed by atoms with Crippen molar-refractivity contribution in [2.45, 2.75) is 39.8 Å². The summed E-state index contributed by atoms with van der Waals surface area (Å²) in [5.74, 6) is 0.0328. The van der Waals surface area contributed by atoms with Crippen molar-refractivity contribution in [2.75, 3.05) is 25.5 Å². The molecule has 0 aromatic heterocycles. The van der Waals surface area contributed by atoms with Gasteiger partial charge in [-0.2, -0.15) is 0 Å². The third-order valence-corrected chi connectivity index (χ3v) is 5.74. The average Bonchev–Trinajstić information content (AvgIpc) is 2.69. The fraction of sp³-hybridized carbons (Fsp3) is 0.391. The number of carbonyl (C=O) groups excluding carboxylic acids is 2. The maximum atomic E-state index is 13.0. The lowest BCUT2D eigenvalue weighted by molar-refractivity contribution is -0.886. The van der Waals surface area contributed by atoms with Crippen molar-refractivity contribution in [1.82, 2.24) is 4.90 Å². The Bertz CT molecular complexity index is 858. The summed E-state index contributed by atoms with van der Waals surface area (Å²) in [6.07, 6.45) is 0.890. The number of quaternary nitrogens is 1. The number of anilines is 1. The fourth-order valence-corrected chi connectivity index (χ4v) is 3.77. The van der Waals surface area contributed by atoms with Crippen LogP contribution in [0.4, 0.5) is 5.69 Å². The molecule has 1 heterocycles. The molecule has 2 N–H and O–H groups in total. The Kier molecular flexibility index (Phi) is 6.15. The standard InChI is InChI=1S/C23H29N3O2/c1-16-8-7-9-17(2)22(16)24-21(27)15-25(4)18(3)23(28)26-13-12-19-10-5-6-11-20(19)14-26/h5-11,18H,12-15H2,1-4H3,(H,24,27)/p+1/t18-/m0/s1. The molecule has 2 atom stereocenters. The van der Waals surface area contributed by atoms with Gasteiger partial charge in [-0.05, 0) is 49.4 Å². The number of aryl methyl sites for hydroxylation is 2. The van der Waals surface area contributed by atoms with E-state index in [4.69, 9.17) is 0 Å². The number of fused-ring (bicyclic) bond motifs is 1. The van der Waals surface area contributed by atoms with Crippen LogP contribution in [0.25, 0.3) is 0 Å². The van der Waals surface area contributed by atoms with Crippen LogP contribution in [-0.4, -0.2) is 42.9 Å². The van der Waals surface area contributed by atoms with E-state index in [0.717, 1.165) is 34.7 Å². The van der Waals surface area contributed by atoms with E-state index in [1.54, 1.807) is 0 Å². The molecule has 1 aliphatic heterocycles. The van der Waals surface area contributed by atoms with Crippen LogP contribution in [0.3, 0.4) is 0 Å². The van der Waals surface area contributed by atoms with Gasteiger partial charge in [-0.15, -0.1) is 0 Å². The molecule has 148 valence electrons. The molecular formula is C23H30N3O2+. The third-order valence-electron chi connectivity index (χ3n) is 5.74. The van der Waals surface area contributed by atoms with E-state index >= 15 is 0 Å². The van der Waals surface area contributed by atoms with Gasteiger partial charge in [0.05, 0.1) is 7.05 Å². The largest absolute Gasteiger partial charge is 0.333 e. The first kappa shape index (κ1) is 20.1. The molecule has 3 rings (SSSR count). The SMILES string of the molecule is Cc1cccc(C)c1NC(=O)C[NH+](C)[C@@H](C)C(=O)N1CCc2ccccc2C1. The lowest BCUT2D eigenvalue weighted by Gasteiger charge is -2.32. The minimum absolute atomic E-state index is 0.0708. The molecule has 2 aromatic carbocycles. The molecule has 1 unspecified atom stereocenters. The summed E-state index contributed by atoms with van der Waals surface area (Å²) in [5, 5.41) is 3.01. The number of carbonyl (C=O) groups is 2. The molecule has 0 spiro atoms. The van der Waals surface area contributed by atoms with Crippen molar-refractivity contribution in [3.63, 3.8) is 0 Å². The second kappa shape index (κ2) is 8.57. The Hall–Kier alpha value is -2.66. The lowest BCUT2D eigenvalue weighted by Crippen LogP contribution is -3.15. The molecule has 28 heavy (non-hydrogen) atoms. The molecule has 0 bridgehead atoms. The molecule has 5 heteroatoms. The topological polar surface area (TPSA) is 53.9 Å². The number of nitrogens with one attached hydrogen (secondary N) is 2. The van der Waals surface area contributed by atoms with Crippen molar-refractivity contribution >= 4 is 17.5 Å². The van der Waals surface area contributed by atoms with Crippen LogP contribution in [0, 0.1) is 13.8 Å². The van der Waals surface area contributed by atoms with Crippen LogP contribution in [0.5, 0.6) is 0 Å². The number of hydrogen-bond donors (Lipinski definition) is 2. The van der Waals surface area contributed by atoms with Crippen LogP contribution in [0.1, 0.15) is 29.2 Å². The van der Waals surface area contributed by atoms with Gasteiger partial charge >= 0.3 is 0 Å². The van der Waals surface area contributed by atoms with Crippen molar-refractivity contribution in [3.8, 4) is 0 Å². The Morgan fingerprint density at radius 2 is 1.71 bits per heavy atom.